The van der Waals surface area contributed by atoms with Gasteiger partial charge in [0, 0.05) is 6.42 Å². The number of nitrogens with zero attached hydrogens (tertiary/aromatic N) is 1. The molecule has 3 atom stereocenters. The third-order valence-electron chi connectivity index (χ3n) is 12.7. The van der Waals surface area contributed by atoms with E-state index in [-0.39, 0.29) is 19.1 Å². The van der Waals surface area contributed by atoms with Gasteiger partial charge in [-0.3, -0.25) is 13.8 Å². The predicted octanol–water partition coefficient (Wildman–Crippen LogP) is 16.4. The smallest absolute Gasteiger partial charge is 0.391 e. The van der Waals surface area contributed by atoms with E-state index in [0.717, 1.165) is 44.9 Å². The van der Waals surface area contributed by atoms with Gasteiger partial charge in [0.15, 0.2) is 0 Å². The van der Waals surface area contributed by atoms with Crippen LogP contribution in [0, 0.1) is 0 Å². The minimum atomic E-state index is -4.32. The average Bonchev–Trinajstić information content (AvgIpc) is 3.25. The molecule has 0 radical (unpaired) electrons. The number of amides is 1. The number of likely N-dealkylation sites (N-methyl/N-ethyl adjacent to an activating group) is 1. The van der Waals surface area contributed by atoms with Crippen molar-refractivity contribution >= 4 is 13.7 Å². The van der Waals surface area contributed by atoms with E-state index < -0.39 is 20.0 Å². The Bertz CT molecular complexity index is 1090. The van der Waals surface area contributed by atoms with Gasteiger partial charge in [0.2, 0.25) is 5.91 Å². The van der Waals surface area contributed by atoms with Gasteiger partial charge in [-0.25, -0.2) is 4.57 Å². The molecule has 8 nitrogen and oxygen atoms in total. The molecule has 9 heteroatoms. The Balaban J connectivity index is 4.18. The van der Waals surface area contributed by atoms with E-state index >= 15 is 0 Å². The standard InChI is InChI=1S/C55H109N2O6P/c1-6-8-10-12-14-16-18-20-22-24-25-26-27-28-29-30-31-33-35-37-39-41-43-45-47-49-55(59)56-53(52-63-64(60,61)62-51-50-57(3,4)5)54(58)48-46-44-42-40-38-36-34-32-23-21-19-17-15-13-11-9-7-2/h25-26,28-29,53-54,58H,6-24,27,30-52H2,1-5H3,(H-,56,59,60,61)/p+1/b26-25-,29-28-. The maximum Gasteiger partial charge on any atom is 0.472 e. The number of aliphatic hydroxyl groups is 1. The summed E-state index contributed by atoms with van der Waals surface area (Å²) in [5.74, 6) is -0.145. The first-order valence-electron chi connectivity index (χ1n) is 27.7. The van der Waals surface area contributed by atoms with Crippen molar-refractivity contribution < 1.29 is 32.9 Å². The van der Waals surface area contributed by atoms with Crippen LogP contribution in [0.25, 0.3) is 0 Å². The molecule has 380 valence electrons. The molecule has 3 N–H and O–H groups in total. The summed E-state index contributed by atoms with van der Waals surface area (Å²) in [5.41, 5.74) is 0. The molecule has 0 aromatic carbocycles. The van der Waals surface area contributed by atoms with Crippen LogP contribution in [0.4, 0.5) is 0 Å². The van der Waals surface area contributed by atoms with Gasteiger partial charge < -0.3 is 19.8 Å². The van der Waals surface area contributed by atoms with Crippen LogP contribution in [0.3, 0.4) is 0 Å². The average molecular weight is 926 g/mol. The lowest BCUT2D eigenvalue weighted by atomic mass is 10.0. The van der Waals surface area contributed by atoms with Gasteiger partial charge in [-0.2, -0.15) is 0 Å². The lowest BCUT2D eigenvalue weighted by molar-refractivity contribution is -0.870. The van der Waals surface area contributed by atoms with Crippen molar-refractivity contribution in [3.05, 3.63) is 24.3 Å². The number of unbranched alkanes of at least 4 members (excludes halogenated alkanes) is 34. The van der Waals surface area contributed by atoms with Crippen LogP contribution in [0.15, 0.2) is 24.3 Å². The molecular weight excluding hydrogens is 816 g/mol. The van der Waals surface area contributed by atoms with Crippen molar-refractivity contribution in [2.24, 2.45) is 0 Å². The molecule has 0 spiro atoms. The number of rotatable bonds is 51. The number of quaternary nitrogens is 1. The Hall–Kier alpha value is -1.02. The Labute approximate surface area is 398 Å². The second-order valence-electron chi connectivity index (χ2n) is 20.3. The quantitative estimate of drug-likeness (QED) is 0.0243. The van der Waals surface area contributed by atoms with Gasteiger partial charge in [0.25, 0.3) is 0 Å². The fourth-order valence-electron chi connectivity index (χ4n) is 8.31. The zero-order valence-electron chi connectivity index (χ0n) is 43.3. The summed E-state index contributed by atoms with van der Waals surface area (Å²) in [5, 5.41) is 14.0. The third kappa shape index (κ3) is 48.9. The van der Waals surface area contributed by atoms with Gasteiger partial charge in [0.05, 0.1) is 39.9 Å². The molecule has 0 aliphatic rings. The fraction of sp³-hybridized carbons (Fsp3) is 0.909. The first kappa shape index (κ1) is 63.0. The summed E-state index contributed by atoms with van der Waals surface area (Å²) < 4.78 is 23.8. The highest BCUT2D eigenvalue weighted by Crippen LogP contribution is 2.43. The number of aliphatic hydroxyl groups excluding tert-OH is 1. The zero-order valence-corrected chi connectivity index (χ0v) is 44.2. The first-order valence-corrected chi connectivity index (χ1v) is 29.2. The van der Waals surface area contributed by atoms with E-state index in [9.17, 15) is 19.4 Å². The number of phosphoric acid groups is 1. The van der Waals surface area contributed by atoms with E-state index in [4.69, 9.17) is 9.05 Å². The highest BCUT2D eigenvalue weighted by molar-refractivity contribution is 7.47. The molecule has 0 saturated heterocycles. The summed E-state index contributed by atoms with van der Waals surface area (Å²) >= 11 is 0. The highest BCUT2D eigenvalue weighted by atomic mass is 31.2. The molecule has 0 fully saturated rings. The number of hydrogen-bond acceptors (Lipinski definition) is 5. The normalized spacial score (nSPS) is 14.2. The second kappa shape index (κ2) is 47.1. The van der Waals surface area contributed by atoms with Crippen LogP contribution in [0.2, 0.25) is 0 Å². The molecule has 0 rings (SSSR count). The summed E-state index contributed by atoms with van der Waals surface area (Å²) in [4.78, 5) is 23.3. The lowest BCUT2D eigenvalue weighted by Crippen LogP contribution is -2.46. The summed E-state index contributed by atoms with van der Waals surface area (Å²) in [7, 11) is 1.62. The Morgan fingerprint density at radius 1 is 0.531 bits per heavy atom. The monoisotopic (exact) mass is 926 g/mol. The molecule has 64 heavy (non-hydrogen) atoms. The number of nitrogens with one attached hydrogen (secondary N) is 1. The maximum atomic E-state index is 13.0. The van der Waals surface area contributed by atoms with E-state index in [1.807, 2.05) is 21.1 Å². The van der Waals surface area contributed by atoms with Gasteiger partial charge in [-0.15, -0.1) is 0 Å². The van der Waals surface area contributed by atoms with Crippen molar-refractivity contribution in [2.45, 2.75) is 283 Å². The molecule has 0 aliphatic carbocycles. The van der Waals surface area contributed by atoms with Crippen molar-refractivity contribution in [2.75, 3.05) is 40.9 Å². The van der Waals surface area contributed by atoms with Crippen molar-refractivity contribution in [3.63, 3.8) is 0 Å². The van der Waals surface area contributed by atoms with Gasteiger partial charge in [-0.1, -0.05) is 244 Å². The van der Waals surface area contributed by atoms with Crippen LogP contribution < -0.4 is 5.32 Å². The maximum absolute atomic E-state index is 13.0. The molecule has 0 saturated carbocycles. The molecule has 0 aromatic rings. The molecular formula is C55H110N2O6P+. The molecule has 1 amide bonds. The SMILES string of the molecule is CCCCCCCCCCC/C=C\C/C=C\CCCCCCCCCCCC(=O)NC(COP(=O)(O)OCC[N+](C)(C)C)C(O)CCCCCCCCCCCCCCCCCCC. The van der Waals surface area contributed by atoms with E-state index in [1.54, 1.807) is 0 Å². The summed E-state index contributed by atoms with van der Waals surface area (Å²) in [6.07, 6.45) is 57.9. The van der Waals surface area contributed by atoms with Crippen LogP contribution in [0.1, 0.15) is 271 Å². The summed E-state index contributed by atoms with van der Waals surface area (Å²) in [6.45, 7) is 4.92. The second-order valence-corrected chi connectivity index (χ2v) is 21.8. The van der Waals surface area contributed by atoms with E-state index in [0.29, 0.717) is 23.9 Å². The van der Waals surface area contributed by atoms with Crippen LogP contribution in [-0.4, -0.2) is 73.4 Å². The number of phosphoric ester groups is 1. The van der Waals surface area contributed by atoms with Gasteiger partial charge in [-0.05, 0) is 44.9 Å². The number of allylic oxidation sites excluding steroid dienone is 4. The number of carbonyl (C=O) groups excluding carboxylic acids is 1. The number of carbonyl (C=O) groups is 1. The zero-order chi connectivity index (χ0) is 47.1. The molecule has 0 aliphatic heterocycles. The van der Waals surface area contributed by atoms with Gasteiger partial charge >= 0.3 is 7.82 Å². The number of hydrogen-bond donors (Lipinski definition) is 3. The van der Waals surface area contributed by atoms with Crippen molar-refractivity contribution in [1.29, 1.82) is 0 Å². The largest absolute Gasteiger partial charge is 0.472 e. The van der Waals surface area contributed by atoms with Crippen LogP contribution in [-0.2, 0) is 18.4 Å². The van der Waals surface area contributed by atoms with Crippen LogP contribution >= 0.6 is 7.82 Å². The Kier molecular flexibility index (Phi) is 46.3. The minimum Gasteiger partial charge on any atom is -0.391 e. The van der Waals surface area contributed by atoms with Crippen LogP contribution in [0.5, 0.6) is 0 Å². The third-order valence-corrected chi connectivity index (χ3v) is 13.7. The predicted molar refractivity (Wildman–Crippen MR) is 277 cm³/mol. The van der Waals surface area contributed by atoms with E-state index in [2.05, 4.69) is 43.5 Å². The topological polar surface area (TPSA) is 105 Å². The van der Waals surface area contributed by atoms with Crippen molar-refractivity contribution in [1.82, 2.24) is 5.32 Å². The minimum absolute atomic E-state index is 0.0749. The van der Waals surface area contributed by atoms with E-state index in [1.165, 1.54) is 199 Å². The van der Waals surface area contributed by atoms with Gasteiger partial charge in [0.1, 0.15) is 13.2 Å². The molecule has 0 aromatic heterocycles. The van der Waals surface area contributed by atoms with Crippen molar-refractivity contribution in [3.8, 4) is 0 Å². The molecule has 0 heterocycles. The first-order chi connectivity index (χ1) is 31.0. The summed E-state index contributed by atoms with van der Waals surface area (Å²) in [6, 6.07) is -0.762. The highest BCUT2D eigenvalue weighted by Gasteiger charge is 2.28. The molecule has 0 bridgehead atoms. The Morgan fingerprint density at radius 2 is 0.891 bits per heavy atom. The lowest BCUT2D eigenvalue weighted by Gasteiger charge is -2.26. The molecule has 3 unspecified atom stereocenters. The Morgan fingerprint density at radius 3 is 1.28 bits per heavy atom. The fourth-order valence-corrected chi connectivity index (χ4v) is 9.05.